The minimum atomic E-state index is -0.570. The highest BCUT2D eigenvalue weighted by Gasteiger charge is 2.20. The molecule has 0 spiro atoms. The van der Waals surface area contributed by atoms with E-state index in [4.69, 9.17) is 10.5 Å². The summed E-state index contributed by atoms with van der Waals surface area (Å²) in [7, 11) is 0. The number of hydrogen-bond donors (Lipinski definition) is 2. The van der Waals surface area contributed by atoms with Crippen molar-refractivity contribution in [2.75, 3.05) is 11.9 Å². The van der Waals surface area contributed by atoms with E-state index >= 15 is 0 Å². The maximum absolute atomic E-state index is 11.8. The molecular formula is C14H18N4O2S. The van der Waals surface area contributed by atoms with E-state index in [0.717, 1.165) is 5.56 Å². The number of nitrogens with zero attached hydrogens (tertiary/aromatic N) is 2. The van der Waals surface area contributed by atoms with Crippen LogP contribution in [0.4, 0.5) is 5.13 Å². The Morgan fingerprint density at radius 3 is 2.57 bits per heavy atom. The number of ether oxygens (including phenoxy) is 1. The molecular weight excluding hydrogens is 288 g/mol. The van der Waals surface area contributed by atoms with Crippen molar-refractivity contribution in [3.05, 3.63) is 34.8 Å². The Bertz CT molecular complexity index is 617. The Morgan fingerprint density at radius 1 is 1.33 bits per heavy atom. The fraction of sp³-hybridized carbons (Fsp3) is 0.357. The van der Waals surface area contributed by atoms with Crippen LogP contribution in [0.5, 0.6) is 5.75 Å². The molecule has 6 nitrogen and oxygen atoms in total. The van der Waals surface area contributed by atoms with Gasteiger partial charge in [0.05, 0.1) is 5.54 Å². The van der Waals surface area contributed by atoms with Gasteiger partial charge >= 0.3 is 0 Å². The van der Waals surface area contributed by atoms with Crippen molar-refractivity contribution in [3.63, 3.8) is 0 Å². The van der Waals surface area contributed by atoms with Gasteiger partial charge < -0.3 is 10.5 Å². The van der Waals surface area contributed by atoms with Gasteiger partial charge in [0.25, 0.3) is 5.91 Å². The first-order valence-electron chi connectivity index (χ1n) is 6.47. The Balaban J connectivity index is 1.87. The highest BCUT2D eigenvalue weighted by Crippen LogP contribution is 2.23. The smallest absolute Gasteiger partial charge is 0.264 e. The van der Waals surface area contributed by atoms with Crippen molar-refractivity contribution in [1.82, 2.24) is 10.2 Å². The monoisotopic (exact) mass is 306 g/mol. The van der Waals surface area contributed by atoms with E-state index in [1.54, 1.807) is 0 Å². The van der Waals surface area contributed by atoms with Crippen molar-refractivity contribution in [2.45, 2.75) is 26.3 Å². The minimum Gasteiger partial charge on any atom is -0.484 e. The third-order valence-electron chi connectivity index (χ3n) is 2.61. The average molecular weight is 306 g/mol. The number of aryl methyl sites for hydroxylation is 1. The van der Waals surface area contributed by atoms with Crippen LogP contribution in [0, 0.1) is 6.92 Å². The maximum atomic E-state index is 11.8. The van der Waals surface area contributed by atoms with E-state index in [1.165, 1.54) is 11.3 Å². The Kier molecular flexibility index (Phi) is 4.54. The molecule has 0 atom stereocenters. The largest absolute Gasteiger partial charge is 0.484 e. The summed E-state index contributed by atoms with van der Waals surface area (Å²) < 4.78 is 5.39. The highest BCUT2D eigenvalue weighted by atomic mass is 32.1. The molecule has 3 N–H and O–H groups in total. The zero-order chi connectivity index (χ0) is 15.5. The lowest BCUT2D eigenvalue weighted by molar-refractivity contribution is -0.118. The van der Waals surface area contributed by atoms with Gasteiger partial charge in [-0.05, 0) is 32.9 Å². The Morgan fingerprint density at radius 2 is 2.00 bits per heavy atom. The summed E-state index contributed by atoms with van der Waals surface area (Å²) in [5, 5.41) is 11.6. The van der Waals surface area contributed by atoms with Gasteiger partial charge in [0, 0.05) is 0 Å². The number of nitrogens with two attached hydrogens (primary N) is 1. The number of benzene rings is 1. The fourth-order valence-electron chi connectivity index (χ4n) is 1.47. The molecule has 7 heteroatoms. The first-order valence-corrected chi connectivity index (χ1v) is 7.28. The lowest BCUT2D eigenvalue weighted by atomic mass is 10.1. The zero-order valence-corrected chi connectivity index (χ0v) is 13.0. The summed E-state index contributed by atoms with van der Waals surface area (Å²) in [6.45, 7) is 5.58. The molecule has 0 saturated heterocycles. The van der Waals surface area contributed by atoms with Crippen LogP contribution in [0.1, 0.15) is 24.4 Å². The second kappa shape index (κ2) is 6.19. The molecule has 0 saturated carbocycles. The van der Waals surface area contributed by atoms with Crippen LogP contribution >= 0.6 is 11.3 Å². The minimum absolute atomic E-state index is 0.0794. The van der Waals surface area contributed by atoms with Crippen LogP contribution in [0.2, 0.25) is 0 Å². The fourth-order valence-corrected chi connectivity index (χ4v) is 2.25. The van der Waals surface area contributed by atoms with Crippen LogP contribution in [0.15, 0.2) is 24.3 Å². The van der Waals surface area contributed by atoms with E-state index in [2.05, 4.69) is 15.5 Å². The molecule has 21 heavy (non-hydrogen) atoms. The van der Waals surface area contributed by atoms with Gasteiger partial charge in [-0.15, -0.1) is 10.2 Å². The topological polar surface area (TPSA) is 90.1 Å². The summed E-state index contributed by atoms with van der Waals surface area (Å²) in [4.78, 5) is 11.8. The predicted octanol–water partition coefficient (Wildman–Crippen LogP) is 2.06. The van der Waals surface area contributed by atoms with Crippen molar-refractivity contribution < 1.29 is 9.53 Å². The number of rotatable bonds is 5. The van der Waals surface area contributed by atoms with Crippen molar-refractivity contribution in [3.8, 4) is 5.75 Å². The molecule has 0 fully saturated rings. The maximum Gasteiger partial charge on any atom is 0.264 e. The van der Waals surface area contributed by atoms with Crippen LogP contribution in [-0.4, -0.2) is 22.7 Å². The molecule has 1 aromatic carbocycles. The standard InChI is InChI=1S/C14H18N4O2S/c1-9-4-6-10(7-5-9)20-8-11(19)16-13-18-17-12(21-13)14(2,3)15/h4-7H,8,15H2,1-3H3,(H,16,18,19). The van der Waals surface area contributed by atoms with Gasteiger partial charge in [-0.25, -0.2) is 0 Å². The Labute approximate surface area is 127 Å². The van der Waals surface area contributed by atoms with Crippen LogP contribution in [-0.2, 0) is 10.3 Å². The summed E-state index contributed by atoms with van der Waals surface area (Å²) >= 11 is 1.26. The molecule has 0 unspecified atom stereocenters. The summed E-state index contributed by atoms with van der Waals surface area (Å²) in [6, 6.07) is 7.49. The van der Waals surface area contributed by atoms with E-state index in [1.807, 2.05) is 45.0 Å². The van der Waals surface area contributed by atoms with Gasteiger partial charge in [0.1, 0.15) is 10.8 Å². The number of carbonyl (C=O) groups excluding carboxylic acids is 1. The molecule has 0 aliphatic carbocycles. The van der Waals surface area contributed by atoms with E-state index in [0.29, 0.717) is 15.9 Å². The number of anilines is 1. The van der Waals surface area contributed by atoms with E-state index < -0.39 is 5.54 Å². The molecule has 1 amide bonds. The van der Waals surface area contributed by atoms with Crippen molar-refractivity contribution >= 4 is 22.4 Å². The predicted molar refractivity (Wildman–Crippen MR) is 82.4 cm³/mol. The third-order valence-corrected chi connectivity index (χ3v) is 3.79. The van der Waals surface area contributed by atoms with Crippen LogP contribution in [0.3, 0.4) is 0 Å². The SMILES string of the molecule is Cc1ccc(OCC(=O)Nc2nnc(C(C)(C)N)s2)cc1. The average Bonchev–Trinajstić information content (AvgIpc) is 2.86. The molecule has 2 rings (SSSR count). The lowest BCUT2D eigenvalue weighted by Crippen LogP contribution is -2.28. The van der Waals surface area contributed by atoms with Crippen molar-refractivity contribution in [1.29, 1.82) is 0 Å². The van der Waals surface area contributed by atoms with Gasteiger partial charge in [0.15, 0.2) is 6.61 Å². The van der Waals surface area contributed by atoms with E-state index in [-0.39, 0.29) is 12.5 Å². The molecule has 0 radical (unpaired) electrons. The lowest BCUT2D eigenvalue weighted by Gasteiger charge is -2.12. The molecule has 0 bridgehead atoms. The number of nitrogens with one attached hydrogen (secondary N) is 1. The van der Waals surface area contributed by atoms with Crippen LogP contribution in [0.25, 0.3) is 0 Å². The molecule has 0 aliphatic rings. The highest BCUT2D eigenvalue weighted by molar-refractivity contribution is 7.15. The second-order valence-electron chi connectivity index (χ2n) is 5.28. The van der Waals surface area contributed by atoms with Gasteiger partial charge in [0.2, 0.25) is 5.13 Å². The normalized spacial score (nSPS) is 11.2. The second-order valence-corrected chi connectivity index (χ2v) is 6.26. The van der Waals surface area contributed by atoms with Crippen LogP contribution < -0.4 is 15.8 Å². The first-order chi connectivity index (χ1) is 9.84. The molecule has 112 valence electrons. The number of hydrogen-bond acceptors (Lipinski definition) is 6. The van der Waals surface area contributed by atoms with E-state index in [9.17, 15) is 4.79 Å². The molecule has 2 aromatic rings. The summed E-state index contributed by atoms with van der Waals surface area (Å²) in [5.41, 5.74) is 6.48. The van der Waals surface area contributed by atoms with Gasteiger partial charge in [-0.1, -0.05) is 29.0 Å². The van der Waals surface area contributed by atoms with Crippen molar-refractivity contribution in [2.24, 2.45) is 5.73 Å². The number of amides is 1. The quantitative estimate of drug-likeness (QED) is 0.882. The van der Waals surface area contributed by atoms with Gasteiger partial charge in [-0.3, -0.25) is 10.1 Å². The Hall–Kier alpha value is -1.99. The zero-order valence-electron chi connectivity index (χ0n) is 12.2. The summed E-state index contributed by atoms with van der Waals surface area (Å²) in [5.74, 6) is 0.366. The molecule has 1 aromatic heterocycles. The first kappa shape index (κ1) is 15.4. The third kappa shape index (κ3) is 4.51. The molecule has 1 heterocycles. The summed E-state index contributed by atoms with van der Waals surface area (Å²) in [6.07, 6.45) is 0. The van der Waals surface area contributed by atoms with Gasteiger partial charge in [-0.2, -0.15) is 0 Å². The molecule has 0 aliphatic heterocycles. The number of carbonyl (C=O) groups is 1. The number of aromatic nitrogens is 2.